The molecular formula is C17H14N2S2. The van der Waals surface area contributed by atoms with E-state index < -0.39 is 0 Å². The Balaban J connectivity index is 1.82. The van der Waals surface area contributed by atoms with Gasteiger partial charge >= 0.3 is 0 Å². The summed E-state index contributed by atoms with van der Waals surface area (Å²) in [4.78, 5) is 5.72. The predicted octanol–water partition coefficient (Wildman–Crippen LogP) is 4.19. The zero-order chi connectivity index (χ0) is 14.4. The molecule has 1 aromatic carbocycles. The van der Waals surface area contributed by atoms with E-state index in [9.17, 15) is 5.26 Å². The fraction of sp³-hybridized carbons (Fsp3) is 0.353. The molecule has 3 aliphatic rings. The minimum Gasteiger partial charge on any atom is -0.260 e. The van der Waals surface area contributed by atoms with Crippen molar-refractivity contribution in [1.82, 2.24) is 0 Å². The Bertz CT molecular complexity index is 716. The van der Waals surface area contributed by atoms with E-state index in [1.54, 1.807) is 11.8 Å². The number of fused-ring (bicyclic) bond motifs is 2. The maximum Gasteiger partial charge on any atom is 0.0776 e. The summed E-state index contributed by atoms with van der Waals surface area (Å²) < 4.78 is 0. The molecule has 0 radical (unpaired) electrons. The summed E-state index contributed by atoms with van der Waals surface area (Å²) in [5.41, 5.74) is 2.04. The van der Waals surface area contributed by atoms with Crippen LogP contribution in [0.1, 0.15) is 18.4 Å². The predicted molar refractivity (Wildman–Crippen MR) is 91.2 cm³/mol. The summed E-state index contributed by atoms with van der Waals surface area (Å²) in [5.74, 6) is 0.348. The molecule has 1 spiro atoms. The minimum absolute atomic E-state index is 0.0149. The zero-order valence-electron chi connectivity index (χ0n) is 11.4. The van der Waals surface area contributed by atoms with Crippen LogP contribution >= 0.6 is 24.0 Å². The van der Waals surface area contributed by atoms with Gasteiger partial charge in [0.05, 0.1) is 23.1 Å². The van der Waals surface area contributed by atoms with E-state index in [1.165, 1.54) is 5.56 Å². The smallest absolute Gasteiger partial charge is 0.0776 e. The standard InChI is InChI=1S/C17H14N2S2/c18-9-11-7-8-21-16(11)13-5-6-15(20)17(13)10-19-14-4-2-1-3-12(14)17/h1-4,7-8,10-11,13,16H,5-6H2. The fourth-order valence-electron chi connectivity index (χ4n) is 3.92. The molecule has 1 aliphatic carbocycles. The summed E-state index contributed by atoms with van der Waals surface area (Å²) in [5, 5.41) is 11.8. The van der Waals surface area contributed by atoms with Crippen molar-refractivity contribution >= 4 is 40.7 Å². The second-order valence-electron chi connectivity index (χ2n) is 5.80. The number of para-hydroxylation sites is 1. The lowest BCUT2D eigenvalue weighted by atomic mass is 9.70. The van der Waals surface area contributed by atoms with E-state index in [0.29, 0.717) is 5.92 Å². The summed E-state index contributed by atoms with van der Waals surface area (Å²) in [6.07, 6.45) is 6.10. The van der Waals surface area contributed by atoms with Gasteiger partial charge in [0.1, 0.15) is 0 Å². The SMILES string of the molecule is N#CC1C=CSC1C1CCC(=S)C12C=Nc1ccccc12. The van der Waals surface area contributed by atoms with Crippen LogP contribution < -0.4 is 0 Å². The number of hydrogen-bond donors (Lipinski definition) is 0. The maximum absolute atomic E-state index is 9.41. The van der Waals surface area contributed by atoms with E-state index in [1.807, 2.05) is 12.1 Å². The number of nitriles is 1. The number of allylic oxidation sites excluding steroid dienone is 1. The van der Waals surface area contributed by atoms with Crippen molar-refractivity contribution in [3.05, 3.63) is 41.3 Å². The molecule has 0 amide bonds. The first kappa shape index (κ1) is 13.2. The molecule has 0 aromatic heterocycles. The van der Waals surface area contributed by atoms with Crippen molar-refractivity contribution in [3.63, 3.8) is 0 Å². The molecule has 0 saturated heterocycles. The van der Waals surface area contributed by atoms with Gasteiger partial charge in [-0.05, 0) is 35.8 Å². The van der Waals surface area contributed by atoms with Crippen molar-refractivity contribution in [2.75, 3.05) is 0 Å². The van der Waals surface area contributed by atoms with E-state index >= 15 is 0 Å². The van der Waals surface area contributed by atoms with Crippen molar-refractivity contribution in [3.8, 4) is 6.07 Å². The monoisotopic (exact) mass is 310 g/mol. The summed E-state index contributed by atoms with van der Waals surface area (Å²) >= 11 is 7.54. The van der Waals surface area contributed by atoms with Gasteiger partial charge in [-0.2, -0.15) is 5.26 Å². The Morgan fingerprint density at radius 2 is 2.24 bits per heavy atom. The number of thiocarbonyl (C=S) groups is 1. The second-order valence-corrected chi connectivity index (χ2v) is 7.38. The molecule has 2 heterocycles. The van der Waals surface area contributed by atoms with E-state index in [-0.39, 0.29) is 16.6 Å². The first-order valence-electron chi connectivity index (χ1n) is 7.17. The average molecular weight is 310 g/mol. The summed E-state index contributed by atoms with van der Waals surface area (Å²) in [6.45, 7) is 0. The van der Waals surface area contributed by atoms with Gasteiger partial charge in [0, 0.05) is 16.3 Å². The van der Waals surface area contributed by atoms with Gasteiger partial charge < -0.3 is 0 Å². The third-order valence-corrected chi connectivity index (χ3v) is 6.70. The Morgan fingerprint density at radius 1 is 1.38 bits per heavy atom. The molecule has 2 nitrogen and oxygen atoms in total. The fourth-order valence-corrected chi connectivity index (χ4v) is 5.66. The van der Waals surface area contributed by atoms with E-state index in [2.05, 4.69) is 40.9 Å². The van der Waals surface area contributed by atoms with Gasteiger partial charge in [0.15, 0.2) is 0 Å². The number of nitrogens with zero attached hydrogens (tertiary/aromatic N) is 2. The number of thioether (sulfide) groups is 1. The molecule has 21 heavy (non-hydrogen) atoms. The van der Waals surface area contributed by atoms with Crippen molar-refractivity contribution < 1.29 is 0 Å². The van der Waals surface area contributed by atoms with Crippen LogP contribution in [0.25, 0.3) is 0 Å². The molecule has 4 atom stereocenters. The van der Waals surface area contributed by atoms with Crippen molar-refractivity contribution in [2.45, 2.75) is 23.5 Å². The van der Waals surface area contributed by atoms with Crippen LogP contribution in [0, 0.1) is 23.2 Å². The first-order valence-corrected chi connectivity index (χ1v) is 8.52. The highest BCUT2D eigenvalue weighted by molar-refractivity contribution is 8.03. The van der Waals surface area contributed by atoms with Crippen LogP contribution in [0.2, 0.25) is 0 Å². The van der Waals surface area contributed by atoms with Crippen LogP contribution in [0.5, 0.6) is 0 Å². The molecule has 1 fully saturated rings. The lowest BCUT2D eigenvalue weighted by Crippen LogP contribution is -2.42. The molecule has 4 unspecified atom stereocenters. The van der Waals surface area contributed by atoms with Gasteiger partial charge in [-0.15, -0.1) is 11.8 Å². The quantitative estimate of drug-likeness (QED) is 0.730. The lowest BCUT2D eigenvalue weighted by Gasteiger charge is -2.34. The van der Waals surface area contributed by atoms with Crippen LogP contribution in [0.3, 0.4) is 0 Å². The van der Waals surface area contributed by atoms with Crippen molar-refractivity contribution in [2.24, 2.45) is 16.8 Å². The van der Waals surface area contributed by atoms with E-state index in [4.69, 9.17) is 12.2 Å². The Labute approximate surface area is 134 Å². The zero-order valence-corrected chi connectivity index (χ0v) is 13.0. The Kier molecular flexibility index (Phi) is 3.02. The lowest BCUT2D eigenvalue weighted by molar-refractivity contribution is 0.428. The third-order valence-electron chi connectivity index (χ3n) is 4.91. The Morgan fingerprint density at radius 3 is 3.10 bits per heavy atom. The molecule has 2 aliphatic heterocycles. The number of benzene rings is 1. The van der Waals surface area contributed by atoms with Crippen LogP contribution in [0.15, 0.2) is 40.7 Å². The number of rotatable bonds is 1. The molecule has 1 saturated carbocycles. The number of aliphatic imine (C=N–C) groups is 1. The molecule has 0 N–H and O–H groups in total. The highest BCUT2D eigenvalue weighted by Crippen LogP contribution is 2.54. The highest BCUT2D eigenvalue weighted by atomic mass is 32.2. The molecular weight excluding hydrogens is 296 g/mol. The maximum atomic E-state index is 9.41. The molecule has 104 valence electrons. The van der Waals surface area contributed by atoms with Gasteiger partial charge in [-0.1, -0.05) is 36.5 Å². The van der Waals surface area contributed by atoms with Crippen molar-refractivity contribution in [1.29, 1.82) is 5.26 Å². The minimum atomic E-state index is -0.231. The van der Waals surface area contributed by atoms with Gasteiger partial charge in [0.25, 0.3) is 0 Å². The molecule has 4 rings (SSSR count). The Hall–Kier alpha value is -1.44. The average Bonchev–Trinajstić information content (AvgIpc) is 3.20. The largest absolute Gasteiger partial charge is 0.260 e. The third kappa shape index (κ3) is 1.71. The second kappa shape index (κ2) is 4.79. The summed E-state index contributed by atoms with van der Waals surface area (Å²) in [7, 11) is 0. The van der Waals surface area contributed by atoms with Gasteiger partial charge in [-0.25, -0.2) is 0 Å². The van der Waals surface area contributed by atoms with E-state index in [0.717, 1.165) is 23.4 Å². The normalized spacial score (nSPS) is 36.3. The van der Waals surface area contributed by atoms with Crippen LogP contribution in [-0.2, 0) is 5.41 Å². The van der Waals surface area contributed by atoms with Crippen LogP contribution in [0.4, 0.5) is 5.69 Å². The summed E-state index contributed by atoms with van der Waals surface area (Å²) in [6, 6.07) is 10.7. The van der Waals surface area contributed by atoms with Gasteiger partial charge in [-0.3, -0.25) is 4.99 Å². The number of hydrogen-bond acceptors (Lipinski definition) is 4. The first-order chi connectivity index (χ1) is 10.3. The molecule has 4 heteroatoms. The van der Waals surface area contributed by atoms with Crippen LogP contribution in [-0.4, -0.2) is 16.3 Å². The molecule has 1 aromatic rings. The topological polar surface area (TPSA) is 36.1 Å². The van der Waals surface area contributed by atoms with Gasteiger partial charge in [0.2, 0.25) is 0 Å². The molecule has 0 bridgehead atoms. The highest BCUT2D eigenvalue weighted by Gasteiger charge is 2.54.